The third-order valence-electron chi connectivity index (χ3n) is 4.84. The van der Waals surface area contributed by atoms with Gasteiger partial charge in [-0.2, -0.15) is 0 Å². The van der Waals surface area contributed by atoms with Crippen LogP contribution in [0.4, 0.5) is 4.39 Å². The minimum atomic E-state index is -0.306. The van der Waals surface area contributed by atoms with Crippen molar-refractivity contribution in [1.82, 2.24) is 14.8 Å². The van der Waals surface area contributed by atoms with Crippen molar-refractivity contribution in [2.24, 2.45) is 0 Å². The van der Waals surface area contributed by atoms with Crippen molar-refractivity contribution in [2.45, 2.75) is 31.8 Å². The summed E-state index contributed by atoms with van der Waals surface area (Å²) in [4.78, 5) is 42.7. The van der Waals surface area contributed by atoms with Crippen LogP contribution in [-0.2, 0) is 14.4 Å². The van der Waals surface area contributed by atoms with Gasteiger partial charge in [0, 0.05) is 38.8 Å². The van der Waals surface area contributed by atoms with E-state index in [-0.39, 0.29) is 49.0 Å². The zero-order valence-electron chi connectivity index (χ0n) is 14.5. The summed E-state index contributed by atoms with van der Waals surface area (Å²) in [7, 11) is 0. The molecule has 3 amide bonds. The Hall–Kier alpha value is -2.55. The van der Waals surface area contributed by atoms with Gasteiger partial charge in [0.25, 0.3) is 5.19 Å². The minimum Gasteiger partial charge on any atom is -0.467 e. The lowest BCUT2D eigenvalue weighted by molar-refractivity contribution is -0.146. The maximum Gasteiger partial charge on any atom is 0.274 e. The summed E-state index contributed by atoms with van der Waals surface area (Å²) in [6, 6.07) is 4.42. The van der Waals surface area contributed by atoms with E-state index < -0.39 is 0 Å². The average molecular weight is 391 g/mol. The van der Waals surface area contributed by atoms with Gasteiger partial charge in [-0.3, -0.25) is 19.3 Å². The summed E-state index contributed by atoms with van der Waals surface area (Å²) in [5, 5.41) is 0.494. The number of nitrogens with zero attached hydrogens (tertiary/aromatic N) is 3. The van der Waals surface area contributed by atoms with Crippen molar-refractivity contribution < 1.29 is 23.5 Å². The minimum absolute atomic E-state index is 0.0745. The molecule has 27 heavy (non-hydrogen) atoms. The van der Waals surface area contributed by atoms with Crippen molar-refractivity contribution >= 4 is 39.3 Å². The van der Waals surface area contributed by atoms with E-state index in [1.54, 1.807) is 11.0 Å². The molecule has 2 aliphatic heterocycles. The third-order valence-corrected chi connectivity index (χ3v) is 5.75. The number of hydrogen-bond donors (Lipinski definition) is 0. The van der Waals surface area contributed by atoms with Crippen LogP contribution in [0, 0.1) is 5.82 Å². The number of carbonyl (C=O) groups excluding carboxylic acids is 3. The number of rotatable bonds is 4. The van der Waals surface area contributed by atoms with E-state index in [0.717, 1.165) is 9.60 Å². The van der Waals surface area contributed by atoms with Crippen LogP contribution < -0.4 is 4.74 Å². The summed E-state index contributed by atoms with van der Waals surface area (Å²) >= 11 is 1.30. The smallest absolute Gasteiger partial charge is 0.274 e. The third kappa shape index (κ3) is 3.78. The first-order chi connectivity index (χ1) is 13.0. The molecular formula is C18H18FN3O4S. The molecule has 0 N–H and O–H groups in total. The van der Waals surface area contributed by atoms with Gasteiger partial charge in [0.2, 0.25) is 17.7 Å². The van der Waals surface area contributed by atoms with E-state index in [1.807, 2.05) is 0 Å². The Labute approximate surface area is 158 Å². The number of halogens is 1. The van der Waals surface area contributed by atoms with Gasteiger partial charge in [0.1, 0.15) is 18.5 Å². The molecule has 142 valence electrons. The highest BCUT2D eigenvalue weighted by molar-refractivity contribution is 7.20. The second-order valence-electron chi connectivity index (χ2n) is 6.66. The Balaban J connectivity index is 1.31. The van der Waals surface area contributed by atoms with Crippen LogP contribution in [-0.4, -0.2) is 58.2 Å². The van der Waals surface area contributed by atoms with Crippen molar-refractivity contribution in [3.05, 3.63) is 24.0 Å². The van der Waals surface area contributed by atoms with Gasteiger partial charge in [-0.25, -0.2) is 9.37 Å². The fourth-order valence-corrected chi connectivity index (χ4v) is 4.23. The second kappa shape index (κ2) is 7.22. The lowest BCUT2D eigenvalue weighted by atomic mass is 10.1. The van der Waals surface area contributed by atoms with Gasteiger partial charge in [0.15, 0.2) is 0 Å². The van der Waals surface area contributed by atoms with Crippen LogP contribution in [0.3, 0.4) is 0 Å². The van der Waals surface area contributed by atoms with Crippen molar-refractivity contribution in [1.29, 1.82) is 0 Å². The topological polar surface area (TPSA) is 79.8 Å². The number of aromatic nitrogens is 1. The number of thiazole rings is 1. The summed E-state index contributed by atoms with van der Waals surface area (Å²) in [5.41, 5.74) is 0.698. The molecule has 0 bridgehead atoms. The van der Waals surface area contributed by atoms with Crippen molar-refractivity contribution in [3.63, 3.8) is 0 Å². The predicted octanol–water partition coefficient (Wildman–Crippen LogP) is 1.95. The Bertz CT molecular complexity index is 891. The maximum absolute atomic E-state index is 13.3. The molecule has 0 radical (unpaired) electrons. The number of imide groups is 1. The summed E-state index contributed by atoms with van der Waals surface area (Å²) in [6.45, 7) is 0.825. The van der Waals surface area contributed by atoms with E-state index >= 15 is 0 Å². The predicted molar refractivity (Wildman–Crippen MR) is 95.8 cm³/mol. The molecule has 1 aromatic heterocycles. The highest BCUT2D eigenvalue weighted by Crippen LogP contribution is 2.30. The molecule has 9 heteroatoms. The van der Waals surface area contributed by atoms with Crippen LogP contribution in [0.15, 0.2) is 18.2 Å². The van der Waals surface area contributed by atoms with Crippen LogP contribution >= 0.6 is 11.3 Å². The fraction of sp³-hybridized carbons (Fsp3) is 0.444. The number of hydrogen-bond acceptors (Lipinski definition) is 6. The highest BCUT2D eigenvalue weighted by Gasteiger charge is 2.33. The first-order valence-corrected chi connectivity index (χ1v) is 9.65. The number of ether oxygens (including phenoxy) is 1. The standard InChI is InChI=1S/C18H18FN3O4S/c19-11-1-2-13-14(9-11)27-18(20-13)26-12-5-7-21(8-6-12)17(25)10-22-15(23)3-4-16(22)24/h1-2,9,12H,3-8,10H2. The molecule has 1 aromatic carbocycles. The molecule has 0 aliphatic carbocycles. The molecule has 2 aliphatic rings. The van der Waals surface area contributed by atoms with Crippen LogP contribution in [0.1, 0.15) is 25.7 Å². The summed E-state index contributed by atoms with van der Waals surface area (Å²) in [6.07, 6.45) is 1.58. The molecule has 3 heterocycles. The highest BCUT2D eigenvalue weighted by atomic mass is 32.1. The zero-order valence-corrected chi connectivity index (χ0v) is 15.3. The summed E-state index contributed by atoms with van der Waals surface area (Å²) in [5.74, 6) is -1.08. The molecule has 2 saturated heterocycles. The van der Waals surface area contributed by atoms with Crippen LogP contribution in [0.2, 0.25) is 0 Å². The Morgan fingerprint density at radius 2 is 1.93 bits per heavy atom. The van der Waals surface area contributed by atoms with E-state index in [1.165, 1.54) is 23.5 Å². The molecule has 0 atom stereocenters. The van der Waals surface area contributed by atoms with Gasteiger partial charge in [0.05, 0.1) is 10.2 Å². The van der Waals surface area contributed by atoms with Crippen molar-refractivity contribution in [3.8, 4) is 5.19 Å². The molecule has 0 unspecified atom stereocenters. The quantitative estimate of drug-likeness (QED) is 0.745. The van der Waals surface area contributed by atoms with Gasteiger partial charge in [-0.05, 0) is 18.2 Å². The lowest BCUT2D eigenvalue weighted by Gasteiger charge is -2.32. The SMILES string of the molecule is O=C(CN1C(=O)CCC1=O)N1CCC(Oc2nc3ccc(F)cc3s2)CC1. The van der Waals surface area contributed by atoms with Gasteiger partial charge in [-0.15, -0.1) is 0 Å². The Morgan fingerprint density at radius 1 is 1.22 bits per heavy atom. The normalized spacial score (nSPS) is 18.6. The average Bonchev–Trinajstić information content (AvgIpc) is 3.19. The van der Waals surface area contributed by atoms with E-state index in [0.29, 0.717) is 36.6 Å². The monoisotopic (exact) mass is 391 g/mol. The summed E-state index contributed by atoms with van der Waals surface area (Å²) < 4.78 is 19.9. The number of amides is 3. The lowest BCUT2D eigenvalue weighted by Crippen LogP contribution is -2.47. The number of carbonyl (C=O) groups is 3. The first-order valence-electron chi connectivity index (χ1n) is 8.83. The van der Waals surface area contributed by atoms with Crippen LogP contribution in [0.25, 0.3) is 10.2 Å². The second-order valence-corrected chi connectivity index (χ2v) is 7.66. The van der Waals surface area contributed by atoms with E-state index in [9.17, 15) is 18.8 Å². The number of piperidine rings is 1. The van der Waals surface area contributed by atoms with E-state index in [4.69, 9.17) is 4.74 Å². The first kappa shape index (κ1) is 17.8. The van der Waals surface area contributed by atoms with E-state index in [2.05, 4.69) is 4.98 Å². The number of likely N-dealkylation sites (tertiary alicyclic amines) is 2. The molecule has 0 saturated carbocycles. The van der Waals surface area contributed by atoms with Gasteiger partial charge >= 0.3 is 0 Å². The Kier molecular flexibility index (Phi) is 4.77. The molecule has 2 fully saturated rings. The largest absolute Gasteiger partial charge is 0.467 e. The molecule has 0 spiro atoms. The fourth-order valence-electron chi connectivity index (χ4n) is 3.33. The Morgan fingerprint density at radius 3 is 2.63 bits per heavy atom. The maximum atomic E-state index is 13.3. The molecule has 7 nitrogen and oxygen atoms in total. The van der Waals surface area contributed by atoms with Crippen LogP contribution in [0.5, 0.6) is 5.19 Å². The molecule has 4 rings (SSSR count). The molecule has 2 aromatic rings. The number of fused-ring (bicyclic) bond motifs is 1. The molecular weight excluding hydrogens is 373 g/mol. The number of benzene rings is 1. The van der Waals surface area contributed by atoms with Gasteiger partial charge < -0.3 is 9.64 Å². The van der Waals surface area contributed by atoms with Crippen molar-refractivity contribution in [2.75, 3.05) is 19.6 Å². The zero-order chi connectivity index (χ0) is 19.0. The van der Waals surface area contributed by atoms with Gasteiger partial charge in [-0.1, -0.05) is 11.3 Å².